The maximum absolute atomic E-state index is 10.0. The molecule has 7 aromatic rings. The van der Waals surface area contributed by atoms with Gasteiger partial charge < -0.3 is 39.7 Å². The molecular formula is C42H29N3O6. The standard InChI is InChI=1S/C42H29N3O6/c46-32-14-4-26(5-15-32)43(27-6-16-33(47)17-7-27)30-12-22-36-40(24-30)50-38-2-1-3-39-42(38)45(36)37-23-13-31(25-41(37)51-39)44(28-8-18-34(48)19-9-28)29-10-20-35(49)21-11-29/h1-25,46-49H. The van der Waals surface area contributed by atoms with Gasteiger partial charge in [-0.25, -0.2) is 0 Å². The molecule has 0 unspecified atom stereocenters. The van der Waals surface area contributed by atoms with Crippen LogP contribution in [-0.4, -0.2) is 20.4 Å². The molecule has 248 valence electrons. The Kier molecular flexibility index (Phi) is 6.85. The van der Waals surface area contributed by atoms with Gasteiger partial charge >= 0.3 is 0 Å². The Labute approximate surface area is 292 Å². The summed E-state index contributed by atoms with van der Waals surface area (Å²) in [6.45, 7) is 0. The molecule has 0 atom stereocenters. The summed E-state index contributed by atoms with van der Waals surface area (Å²) >= 11 is 0. The van der Waals surface area contributed by atoms with Crippen molar-refractivity contribution in [3.63, 3.8) is 0 Å². The summed E-state index contributed by atoms with van der Waals surface area (Å²) in [6.07, 6.45) is 0. The van der Waals surface area contributed by atoms with Crippen LogP contribution in [0.15, 0.2) is 152 Å². The number of phenols is 4. The summed E-state index contributed by atoms with van der Waals surface area (Å²) in [6, 6.07) is 45.5. The third kappa shape index (κ3) is 5.21. The van der Waals surface area contributed by atoms with Crippen LogP contribution in [-0.2, 0) is 0 Å². The number of hydrogen-bond acceptors (Lipinski definition) is 9. The molecular weight excluding hydrogens is 642 g/mol. The van der Waals surface area contributed by atoms with Gasteiger partial charge in [0.25, 0.3) is 0 Å². The molecule has 9 rings (SSSR count). The van der Waals surface area contributed by atoms with Crippen LogP contribution in [0.1, 0.15) is 0 Å². The lowest BCUT2D eigenvalue weighted by molar-refractivity contribution is 0.446. The summed E-state index contributed by atoms with van der Waals surface area (Å²) in [7, 11) is 0. The zero-order chi connectivity index (χ0) is 34.6. The van der Waals surface area contributed by atoms with Crippen molar-refractivity contribution in [2.24, 2.45) is 0 Å². The SMILES string of the molecule is Oc1ccc(N(c2ccc(O)cc2)c2ccc3c(c2)Oc2cccc4c2N3c2ccc(N(c3ccc(O)cc3)c3ccc(O)cc3)cc2O4)cc1. The van der Waals surface area contributed by atoms with Crippen molar-refractivity contribution in [1.29, 1.82) is 0 Å². The highest BCUT2D eigenvalue weighted by Crippen LogP contribution is 2.60. The molecule has 7 aromatic carbocycles. The van der Waals surface area contributed by atoms with E-state index in [0.29, 0.717) is 23.0 Å². The second kappa shape index (κ2) is 11.7. The van der Waals surface area contributed by atoms with Gasteiger partial charge in [-0.2, -0.15) is 0 Å². The number of fused-ring (bicyclic) bond motifs is 4. The molecule has 4 N–H and O–H groups in total. The van der Waals surface area contributed by atoms with E-state index in [9.17, 15) is 20.4 Å². The normalized spacial score (nSPS) is 12.1. The first-order chi connectivity index (χ1) is 24.9. The number of hydrogen-bond donors (Lipinski definition) is 4. The second-order valence-corrected chi connectivity index (χ2v) is 12.2. The average Bonchev–Trinajstić information content (AvgIpc) is 3.15. The van der Waals surface area contributed by atoms with E-state index in [-0.39, 0.29) is 23.0 Å². The summed E-state index contributed by atoms with van der Waals surface area (Å²) in [4.78, 5) is 6.19. The molecule has 51 heavy (non-hydrogen) atoms. The number of benzene rings is 7. The van der Waals surface area contributed by atoms with Gasteiger partial charge in [-0.3, -0.25) is 4.90 Å². The van der Waals surface area contributed by atoms with Crippen molar-refractivity contribution in [2.45, 2.75) is 0 Å². The van der Waals surface area contributed by atoms with Gasteiger partial charge in [0.2, 0.25) is 0 Å². The topological polar surface area (TPSA) is 109 Å². The smallest absolute Gasteiger partial charge is 0.155 e. The number of anilines is 9. The van der Waals surface area contributed by atoms with Gasteiger partial charge in [-0.15, -0.1) is 0 Å². The highest BCUT2D eigenvalue weighted by Gasteiger charge is 2.35. The third-order valence-corrected chi connectivity index (χ3v) is 8.94. The fraction of sp³-hybridized carbons (Fsp3) is 0. The molecule has 2 aliphatic rings. The molecule has 0 saturated carbocycles. The maximum atomic E-state index is 10.0. The Bertz CT molecular complexity index is 2160. The van der Waals surface area contributed by atoms with Gasteiger partial charge in [0.15, 0.2) is 23.0 Å². The molecule has 2 heterocycles. The number of para-hydroxylation sites is 1. The monoisotopic (exact) mass is 671 g/mol. The summed E-state index contributed by atoms with van der Waals surface area (Å²) < 4.78 is 13.1. The predicted octanol–water partition coefficient (Wildman–Crippen LogP) is 11.1. The van der Waals surface area contributed by atoms with E-state index in [1.165, 1.54) is 0 Å². The van der Waals surface area contributed by atoms with Crippen LogP contribution in [0.2, 0.25) is 0 Å². The van der Waals surface area contributed by atoms with Crippen LogP contribution in [0.5, 0.6) is 46.0 Å². The molecule has 0 aromatic heterocycles. The van der Waals surface area contributed by atoms with E-state index in [1.54, 1.807) is 48.5 Å². The van der Waals surface area contributed by atoms with Crippen LogP contribution in [0.4, 0.5) is 51.2 Å². The molecule has 0 fully saturated rings. The number of rotatable bonds is 6. The first-order valence-electron chi connectivity index (χ1n) is 16.2. The van der Waals surface area contributed by atoms with Crippen molar-refractivity contribution in [3.8, 4) is 46.0 Å². The fourth-order valence-corrected chi connectivity index (χ4v) is 6.61. The van der Waals surface area contributed by atoms with Crippen molar-refractivity contribution in [3.05, 3.63) is 152 Å². The molecule has 2 aliphatic heterocycles. The van der Waals surface area contributed by atoms with E-state index in [0.717, 1.165) is 51.2 Å². The molecule has 0 bridgehead atoms. The van der Waals surface area contributed by atoms with Crippen LogP contribution >= 0.6 is 0 Å². The highest BCUT2D eigenvalue weighted by atomic mass is 16.5. The largest absolute Gasteiger partial charge is 0.508 e. The predicted molar refractivity (Wildman–Crippen MR) is 197 cm³/mol. The van der Waals surface area contributed by atoms with Crippen molar-refractivity contribution in [2.75, 3.05) is 14.7 Å². The Morgan fingerprint density at radius 3 is 1.00 bits per heavy atom. The van der Waals surface area contributed by atoms with Crippen molar-refractivity contribution < 1.29 is 29.9 Å². The number of ether oxygens (including phenoxy) is 2. The second-order valence-electron chi connectivity index (χ2n) is 12.2. The molecule has 9 nitrogen and oxygen atoms in total. The Hall–Kier alpha value is -7.26. The Morgan fingerprint density at radius 1 is 0.353 bits per heavy atom. The summed E-state index contributed by atoms with van der Waals surface area (Å²) in [5, 5.41) is 40.0. The van der Waals surface area contributed by atoms with Crippen LogP contribution in [0.25, 0.3) is 0 Å². The molecule has 0 aliphatic carbocycles. The minimum absolute atomic E-state index is 0.161. The van der Waals surface area contributed by atoms with Gasteiger partial charge in [0.1, 0.15) is 28.7 Å². The zero-order valence-corrected chi connectivity index (χ0v) is 26.9. The number of aromatic hydroxyl groups is 4. The lowest BCUT2D eigenvalue weighted by Gasteiger charge is -2.38. The van der Waals surface area contributed by atoms with Gasteiger partial charge in [0, 0.05) is 46.3 Å². The van der Waals surface area contributed by atoms with E-state index in [1.807, 2.05) is 113 Å². The first-order valence-corrected chi connectivity index (χ1v) is 16.2. The maximum Gasteiger partial charge on any atom is 0.155 e. The van der Waals surface area contributed by atoms with E-state index >= 15 is 0 Å². The average molecular weight is 672 g/mol. The van der Waals surface area contributed by atoms with Crippen LogP contribution < -0.4 is 24.2 Å². The number of nitrogens with zero attached hydrogens (tertiary/aromatic N) is 3. The summed E-state index contributed by atoms with van der Waals surface area (Å²) in [5.74, 6) is 3.19. The number of phenolic OH excluding ortho intramolecular Hbond substituents is 4. The molecule has 0 spiro atoms. The molecule has 0 saturated heterocycles. The summed E-state index contributed by atoms with van der Waals surface area (Å²) in [5.41, 5.74) is 7.31. The lowest BCUT2D eigenvalue weighted by atomic mass is 10.1. The minimum Gasteiger partial charge on any atom is -0.508 e. The minimum atomic E-state index is 0.161. The lowest BCUT2D eigenvalue weighted by Crippen LogP contribution is -2.21. The van der Waals surface area contributed by atoms with E-state index in [4.69, 9.17) is 9.47 Å². The van der Waals surface area contributed by atoms with Crippen molar-refractivity contribution in [1.82, 2.24) is 0 Å². The first kappa shape index (κ1) is 29.8. The third-order valence-electron chi connectivity index (χ3n) is 8.94. The fourth-order valence-electron chi connectivity index (χ4n) is 6.61. The quantitative estimate of drug-likeness (QED) is 0.137. The Balaban J connectivity index is 1.16. The van der Waals surface area contributed by atoms with Gasteiger partial charge in [0.05, 0.1) is 11.4 Å². The molecule has 0 radical (unpaired) electrons. The van der Waals surface area contributed by atoms with Crippen LogP contribution in [0.3, 0.4) is 0 Å². The van der Waals surface area contributed by atoms with Crippen LogP contribution in [0, 0.1) is 0 Å². The van der Waals surface area contributed by atoms with Crippen molar-refractivity contribution >= 4 is 51.2 Å². The van der Waals surface area contributed by atoms with Gasteiger partial charge in [-0.05, 0) is 133 Å². The Morgan fingerprint density at radius 2 is 0.667 bits per heavy atom. The molecule has 0 amide bonds. The van der Waals surface area contributed by atoms with Gasteiger partial charge in [-0.1, -0.05) is 6.07 Å². The van der Waals surface area contributed by atoms with E-state index in [2.05, 4.69) is 4.90 Å². The highest BCUT2D eigenvalue weighted by molar-refractivity contribution is 5.96. The molecule has 9 heteroatoms. The zero-order valence-electron chi connectivity index (χ0n) is 26.9. The van der Waals surface area contributed by atoms with E-state index < -0.39 is 0 Å².